The lowest BCUT2D eigenvalue weighted by atomic mass is 9.99. The van der Waals surface area contributed by atoms with Crippen LogP contribution in [0, 0.1) is 15.3 Å². The fourth-order valence-corrected chi connectivity index (χ4v) is 0.951. The van der Waals surface area contributed by atoms with E-state index >= 15 is 0 Å². The molecule has 0 rings (SSSR count). The summed E-state index contributed by atoms with van der Waals surface area (Å²) in [5, 5.41) is 0. The van der Waals surface area contributed by atoms with Gasteiger partial charge < -0.3 is 0 Å². The minimum Gasteiger partial charge on any atom is -0.0859 e. The van der Waals surface area contributed by atoms with Gasteiger partial charge in [0, 0.05) is 28.0 Å². The van der Waals surface area contributed by atoms with Crippen LogP contribution >= 0.6 is 22.6 Å². The Bertz CT molecular complexity index is 97.6. The summed E-state index contributed by atoms with van der Waals surface area (Å²) < 4.78 is 2.83. The second kappa shape index (κ2) is 2.56. The van der Waals surface area contributed by atoms with Gasteiger partial charge in [-0.25, -0.2) is 0 Å². The Labute approximate surface area is 58.8 Å². The molecule has 40 valence electrons. The van der Waals surface area contributed by atoms with Gasteiger partial charge in [-0.05, 0) is 24.7 Å². The topological polar surface area (TPSA) is 0 Å². The maximum Gasteiger partial charge on any atom is 0.0238 e. The van der Waals surface area contributed by atoms with Gasteiger partial charge in [0.25, 0.3) is 0 Å². The molecule has 7 heavy (non-hydrogen) atoms. The summed E-state index contributed by atoms with van der Waals surface area (Å²) in [6, 6.07) is 0. The lowest BCUT2D eigenvalue weighted by Crippen LogP contribution is -1.98. The third-order valence-corrected chi connectivity index (χ3v) is 0.692. The lowest BCUT2D eigenvalue weighted by molar-refractivity contribution is 0.571. The van der Waals surface area contributed by atoms with Crippen molar-refractivity contribution in [3.63, 3.8) is 0 Å². The molecule has 0 aliphatic heterocycles. The lowest BCUT2D eigenvalue weighted by Gasteiger charge is -2.05. The highest BCUT2D eigenvalue weighted by Gasteiger charge is 2.01. The normalized spacial score (nSPS) is 9.71. The fourth-order valence-electron chi connectivity index (χ4n) is 0.142. The molecule has 0 radical (unpaired) electrons. The summed E-state index contributed by atoms with van der Waals surface area (Å²) in [5.41, 5.74) is 0.182. The maximum absolute atomic E-state index is 3.02. The van der Waals surface area contributed by atoms with Crippen LogP contribution in [0.3, 0.4) is 0 Å². The maximum atomic E-state index is 3.02. The van der Waals surface area contributed by atoms with Gasteiger partial charge in [-0.3, -0.25) is 0 Å². The molecule has 0 N–H and O–H groups in total. The summed E-state index contributed by atoms with van der Waals surface area (Å²) in [7, 11) is 0. The standard InChI is InChI=1S/C6H9I/c1-6(2,3)4-5-7/h1-3H3. The van der Waals surface area contributed by atoms with Crippen molar-refractivity contribution in [3.8, 4) is 9.85 Å². The molecule has 0 saturated heterocycles. The van der Waals surface area contributed by atoms with Crippen LogP contribution in [0.4, 0.5) is 0 Å². The molecule has 0 aromatic rings. The second-order valence-corrected chi connectivity index (χ2v) is 3.01. The molecule has 1 heteroatoms. The van der Waals surface area contributed by atoms with Gasteiger partial charge in [0.1, 0.15) is 0 Å². The van der Waals surface area contributed by atoms with Crippen LogP contribution in [0.1, 0.15) is 20.8 Å². The quantitative estimate of drug-likeness (QED) is 0.423. The van der Waals surface area contributed by atoms with Gasteiger partial charge in [-0.2, -0.15) is 0 Å². The first-order valence-corrected chi connectivity index (χ1v) is 3.27. The Morgan fingerprint density at radius 2 is 1.71 bits per heavy atom. The molecular weight excluding hydrogens is 199 g/mol. The largest absolute Gasteiger partial charge is 0.0859 e. The van der Waals surface area contributed by atoms with Gasteiger partial charge in [-0.15, -0.1) is 0 Å². The Kier molecular flexibility index (Phi) is 2.67. The van der Waals surface area contributed by atoms with E-state index in [1.807, 2.05) is 0 Å². The summed E-state index contributed by atoms with van der Waals surface area (Å²) >= 11 is 2.05. The molecule has 0 unspecified atom stereocenters. The molecule has 0 atom stereocenters. The van der Waals surface area contributed by atoms with E-state index in [0.717, 1.165) is 0 Å². The second-order valence-electron chi connectivity index (χ2n) is 2.47. The Hall–Kier alpha value is 0.290. The van der Waals surface area contributed by atoms with Crippen LogP contribution in [0.5, 0.6) is 0 Å². The predicted molar refractivity (Wildman–Crippen MR) is 41.3 cm³/mol. The van der Waals surface area contributed by atoms with E-state index in [9.17, 15) is 0 Å². The zero-order valence-electron chi connectivity index (χ0n) is 4.88. The van der Waals surface area contributed by atoms with E-state index in [4.69, 9.17) is 0 Å². The summed E-state index contributed by atoms with van der Waals surface area (Å²) in [5.74, 6) is 3.02. The van der Waals surface area contributed by atoms with E-state index in [2.05, 4.69) is 53.2 Å². The van der Waals surface area contributed by atoms with Crippen molar-refractivity contribution in [2.24, 2.45) is 5.41 Å². The molecule has 0 spiro atoms. The first kappa shape index (κ1) is 7.29. The molecule has 0 aromatic heterocycles. The predicted octanol–water partition coefficient (Wildman–Crippen LogP) is 2.43. The van der Waals surface area contributed by atoms with Crippen molar-refractivity contribution < 1.29 is 0 Å². The molecule has 0 bridgehead atoms. The highest BCUT2D eigenvalue weighted by Crippen LogP contribution is 2.09. The Morgan fingerprint density at radius 1 is 1.29 bits per heavy atom. The molecule has 0 fully saturated rings. The average molecular weight is 208 g/mol. The summed E-state index contributed by atoms with van der Waals surface area (Å²) in [6.45, 7) is 6.29. The molecule has 0 aromatic carbocycles. The zero-order valence-corrected chi connectivity index (χ0v) is 7.04. The number of hydrogen-bond donors (Lipinski definition) is 0. The molecule has 0 heterocycles. The van der Waals surface area contributed by atoms with Gasteiger partial charge >= 0.3 is 0 Å². The molecule has 0 aliphatic rings. The molecule has 0 amide bonds. The minimum absolute atomic E-state index is 0.182. The van der Waals surface area contributed by atoms with Crippen molar-refractivity contribution in [2.75, 3.05) is 0 Å². The number of rotatable bonds is 0. The van der Waals surface area contributed by atoms with Gasteiger partial charge in [0.05, 0.1) is 0 Å². The third kappa shape index (κ3) is 6.29. The summed E-state index contributed by atoms with van der Waals surface area (Å²) in [6.07, 6.45) is 0. The van der Waals surface area contributed by atoms with Gasteiger partial charge in [0.2, 0.25) is 0 Å². The highest BCUT2D eigenvalue weighted by atomic mass is 127. The van der Waals surface area contributed by atoms with Gasteiger partial charge in [-0.1, -0.05) is 5.92 Å². The van der Waals surface area contributed by atoms with Crippen molar-refractivity contribution in [1.82, 2.24) is 0 Å². The van der Waals surface area contributed by atoms with Crippen molar-refractivity contribution in [1.29, 1.82) is 0 Å². The van der Waals surface area contributed by atoms with E-state index in [-0.39, 0.29) is 5.41 Å². The number of halogens is 1. The van der Waals surface area contributed by atoms with Crippen molar-refractivity contribution in [3.05, 3.63) is 0 Å². The molecular formula is C6H9I. The first-order valence-electron chi connectivity index (χ1n) is 2.19. The monoisotopic (exact) mass is 208 g/mol. The smallest absolute Gasteiger partial charge is 0.0238 e. The van der Waals surface area contributed by atoms with Crippen LogP contribution in [-0.2, 0) is 0 Å². The van der Waals surface area contributed by atoms with Crippen molar-refractivity contribution in [2.45, 2.75) is 20.8 Å². The zero-order chi connectivity index (χ0) is 5.91. The number of hydrogen-bond acceptors (Lipinski definition) is 0. The summed E-state index contributed by atoms with van der Waals surface area (Å²) in [4.78, 5) is 0. The third-order valence-electron chi connectivity index (χ3n) is 0.422. The Balaban J connectivity index is 3.72. The van der Waals surface area contributed by atoms with E-state index in [1.165, 1.54) is 0 Å². The van der Waals surface area contributed by atoms with Crippen LogP contribution in [0.15, 0.2) is 0 Å². The van der Waals surface area contributed by atoms with E-state index in [1.54, 1.807) is 0 Å². The fraction of sp³-hybridized carbons (Fsp3) is 0.667. The highest BCUT2D eigenvalue weighted by molar-refractivity contribution is 14.1. The SMILES string of the molecule is CC(C)(C)C#CI. The van der Waals surface area contributed by atoms with Crippen LogP contribution < -0.4 is 0 Å². The van der Waals surface area contributed by atoms with E-state index in [0.29, 0.717) is 0 Å². The molecule has 0 aliphatic carbocycles. The minimum atomic E-state index is 0.182. The molecule has 0 saturated carbocycles. The van der Waals surface area contributed by atoms with Gasteiger partial charge in [0.15, 0.2) is 0 Å². The van der Waals surface area contributed by atoms with Crippen molar-refractivity contribution >= 4 is 22.6 Å². The van der Waals surface area contributed by atoms with E-state index < -0.39 is 0 Å². The first-order chi connectivity index (χ1) is 3.06. The van der Waals surface area contributed by atoms with Crippen LogP contribution in [0.2, 0.25) is 0 Å². The average Bonchev–Trinajstić information content (AvgIpc) is 1.30. The Morgan fingerprint density at radius 3 is 1.71 bits per heavy atom. The molecule has 0 nitrogen and oxygen atoms in total. The van der Waals surface area contributed by atoms with Crippen LogP contribution in [-0.4, -0.2) is 0 Å². The van der Waals surface area contributed by atoms with Crippen LogP contribution in [0.25, 0.3) is 0 Å².